The van der Waals surface area contributed by atoms with Gasteiger partial charge in [-0.15, -0.1) is 0 Å². The van der Waals surface area contributed by atoms with Gasteiger partial charge in [0.15, 0.2) is 0 Å². The number of amides is 2. The molecule has 0 radical (unpaired) electrons. The van der Waals surface area contributed by atoms with Gasteiger partial charge in [-0.25, -0.2) is 17.9 Å². The summed E-state index contributed by atoms with van der Waals surface area (Å²) in [6, 6.07) is 12.4. The lowest BCUT2D eigenvalue weighted by atomic mass is 10.0. The standard InChI is InChI=1S/C20H27N3O4S/c1-14-5-10-19(27-4)18(11-14)15(2)23-20(24)22-12-16-6-8-17(9-7-16)13-28(25,26)21-3/h5-11,15,21H,12-13H2,1-4H3,(H2,22,23,24). The van der Waals surface area contributed by atoms with Gasteiger partial charge in [0.2, 0.25) is 10.0 Å². The van der Waals surface area contributed by atoms with E-state index in [0.717, 1.165) is 22.4 Å². The third kappa shape index (κ3) is 6.24. The van der Waals surface area contributed by atoms with Crippen molar-refractivity contribution >= 4 is 16.1 Å². The van der Waals surface area contributed by atoms with E-state index in [4.69, 9.17) is 4.74 Å². The Morgan fingerprint density at radius 2 is 1.75 bits per heavy atom. The average Bonchev–Trinajstić information content (AvgIpc) is 2.67. The molecule has 1 atom stereocenters. The molecule has 0 saturated carbocycles. The van der Waals surface area contributed by atoms with Crippen LogP contribution in [0.3, 0.4) is 0 Å². The van der Waals surface area contributed by atoms with E-state index in [-0.39, 0.29) is 17.8 Å². The first kappa shape index (κ1) is 21.7. The van der Waals surface area contributed by atoms with E-state index in [1.54, 1.807) is 31.4 Å². The summed E-state index contributed by atoms with van der Waals surface area (Å²) in [7, 11) is -0.308. The molecule has 0 spiro atoms. The van der Waals surface area contributed by atoms with Gasteiger partial charge in [-0.05, 0) is 38.1 Å². The minimum Gasteiger partial charge on any atom is -0.496 e. The fourth-order valence-electron chi connectivity index (χ4n) is 2.74. The molecule has 2 rings (SSSR count). The third-order valence-corrected chi connectivity index (χ3v) is 5.68. The van der Waals surface area contributed by atoms with Crippen LogP contribution >= 0.6 is 0 Å². The lowest BCUT2D eigenvalue weighted by molar-refractivity contribution is 0.237. The smallest absolute Gasteiger partial charge is 0.315 e. The number of hydrogen-bond donors (Lipinski definition) is 3. The molecule has 0 heterocycles. The molecule has 0 aliphatic heterocycles. The van der Waals surface area contributed by atoms with Crippen molar-refractivity contribution in [2.45, 2.75) is 32.2 Å². The van der Waals surface area contributed by atoms with E-state index < -0.39 is 10.0 Å². The summed E-state index contributed by atoms with van der Waals surface area (Å²) in [6.07, 6.45) is 0. The van der Waals surface area contributed by atoms with Crippen molar-refractivity contribution in [3.8, 4) is 5.75 Å². The number of sulfonamides is 1. The van der Waals surface area contributed by atoms with E-state index in [0.29, 0.717) is 12.1 Å². The Balaban J connectivity index is 1.91. The van der Waals surface area contributed by atoms with Gasteiger partial charge >= 0.3 is 6.03 Å². The predicted molar refractivity (Wildman–Crippen MR) is 110 cm³/mol. The summed E-state index contributed by atoms with van der Waals surface area (Å²) in [4.78, 5) is 12.2. The maximum Gasteiger partial charge on any atom is 0.315 e. The Hall–Kier alpha value is -2.58. The number of hydrogen-bond acceptors (Lipinski definition) is 4. The molecule has 0 aliphatic carbocycles. The molecule has 0 fully saturated rings. The van der Waals surface area contributed by atoms with Gasteiger partial charge < -0.3 is 15.4 Å². The van der Waals surface area contributed by atoms with Gasteiger partial charge in [-0.3, -0.25) is 0 Å². The Kier molecular flexibility index (Phi) is 7.42. The highest BCUT2D eigenvalue weighted by atomic mass is 32.2. The van der Waals surface area contributed by atoms with E-state index in [9.17, 15) is 13.2 Å². The average molecular weight is 406 g/mol. The highest BCUT2D eigenvalue weighted by Gasteiger charge is 2.14. The SMILES string of the molecule is CNS(=O)(=O)Cc1ccc(CNC(=O)NC(C)c2cc(C)ccc2OC)cc1. The van der Waals surface area contributed by atoms with Crippen molar-refractivity contribution in [3.63, 3.8) is 0 Å². The minimum absolute atomic E-state index is 0.0759. The number of aryl methyl sites for hydroxylation is 1. The molecule has 2 amide bonds. The number of rotatable bonds is 8. The highest BCUT2D eigenvalue weighted by molar-refractivity contribution is 7.88. The molecule has 152 valence electrons. The molecule has 7 nitrogen and oxygen atoms in total. The van der Waals surface area contributed by atoms with Gasteiger partial charge in [-0.2, -0.15) is 0 Å². The van der Waals surface area contributed by atoms with Crippen LogP contribution in [0.15, 0.2) is 42.5 Å². The van der Waals surface area contributed by atoms with Crippen molar-refractivity contribution in [3.05, 3.63) is 64.7 Å². The first-order valence-electron chi connectivity index (χ1n) is 8.92. The Morgan fingerprint density at radius 1 is 1.11 bits per heavy atom. The lowest BCUT2D eigenvalue weighted by Gasteiger charge is -2.18. The summed E-state index contributed by atoms with van der Waals surface area (Å²) in [6.45, 7) is 4.22. The Bertz CT molecular complexity index is 912. The predicted octanol–water partition coefficient (Wildman–Crippen LogP) is 2.61. The number of carbonyl (C=O) groups is 1. The Morgan fingerprint density at radius 3 is 2.36 bits per heavy atom. The van der Waals surface area contributed by atoms with Crippen LogP contribution < -0.4 is 20.1 Å². The molecule has 0 aromatic heterocycles. The van der Waals surface area contributed by atoms with Crippen LogP contribution in [0.5, 0.6) is 5.75 Å². The van der Waals surface area contributed by atoms with Crippen molar-refractivity contribution in [1.82, 2.24) is 15.4 Å². The topological polar surface area (TPSA) is 96.5 Å². The fourth-order valence-corrected chi connectivity index (χ4v) is 3.52. The number of nitrogens with one attached hydrogen (secondary N) is 3. The zero-order valence-corrected chi connectivity index (χ0v) is 17.4. The van der Waals surface area contributed by atoms with Crippen LogP contribution in [-0.4, -0.2) is 28.6 Å². The number of ether oxygens (including phenoxy) is 1. The summed E-state index contributed by atoms with van der Waals surface area (Å²) >= 11 is 0. The first-order chi connectivity index (χ1) is 13.2. The first-order valence-corrected chi connectivity index (χ1v) is 10.6. The molecular weight excluding hydrogens is 378 g/mol. The molecule has 3 N–H and O–H groups in total. The van der Waals surface area contributed by atoms with Gasteiger partial charge in [0.25, 0.3) is 0 Å². The summed E-state index contributed by atoms with van der Waals surface area (Å²) in [5, 5.41) is 5.71. The van der Waals surface area contributed by atoms with E-state index in [1.807, 2.05) is 32.0 Å². The number of urea groups is 1. The number of methoxy groups -OCH3 is 1. The van der Waals surface area contributed by atoms with Crippen LogP contribution in [0.25, 0.3) is 0 Å². The molecule has 2 aromatic rings. The summed E-state index contributed by atoms with van der Waals surface area (Å²) in [5.74, 6) is 0.651. The van der Waals surface area contributed by atoms with Gasteiger partial charge in [0.05, 0.1) is 18.9 Å². The maximum atomic E-state index is 12.2. The number of carbonyl (C=O) groups excluding carboxylic acids is 1. The Labute approximate surface area is 166 Å². The zero-order chi connectivity index (χ0) is 20.7. The van der Waals surface area contributed by atoms with Crippen molar-refractivity contribution in [2.24, 2.45) is 0 Å². The monoisotopic (exact) mass is 405 g/mol. The van der Waals surface area contributed by atoms with Crippen molar-refractivity contribution in [2.75, 3.05) is 14.2 Å². The molecule has 0 aliphatic rings. The van der Waals surface area contributed by atoms with Crippen LogP contribution in [0, 0.1) is 6.92 Å². The second-order valence-electron chi connectivity index (χ2n) is 6.57. The molecule has 28 heavy (non-hydrogen) atoms. The van der Waals surface area contributed by atoms with Gasteiger partial charge in [0.1, 0.15) is 5.75 Å². The molecule has 0 saturated heterocycles. The van der Waals surface area contributed by atoms with Crippen LogP contribution in [0.1, 0.15) is 35.2 Å². The van der Waals surface area contributed by atoms with E-state index in [1.165, 1.54) is 7.05 Å². The molecule has 1 unspecified atom stereocenters. The largest absolute Gasteiger partial charge is 0.496 e. The maximum absolute atomic E-state index is 12.2. The number of benzene rings is 2. The van der Waals surface area contributed by atoms with E-state index in [2.05, 4.69) is 15.4 Å². The second kappa shape index (κ2) is 9.57. The quantitative estimate of drug-likeness (QED) is 0.629. The van der Waals surface area contributed by atoms with Crippen LogP contribution in [0.4, 0.5) is 4.79 Å². The molecule has 8 heteroatoms. The van der Waals surface area contributed by atoms with Gasteiger partial charge in [-0.1, -0.05) is 42.0 Å². The van der Waals surface area contributed by atoms with Gasteiger partial charge in [0, 0.05) is 12.1 Å². The minimum atomic E-state index is -3.30. The molecule has 0 bridgehead atoms. The van der Waals surface area contributed by atoms with Crippen LogP contribution in [-0.2, 0) is 22.3 Å². The van der Waals surface area contributed by atoms with Crippen LogP contribution in [0.2, 0.25) is 0 Å². The fraction of sp³-hybridized carbons (Fsp3) is 0.350. The third-order valence-electron chi connectivity index (χ3n) is 4.34. The van der Waals surface area contributed by atoms with Crippen molar-refractivity contribution in [1.29, 1.82) is 0 Å². The second-order valence-corrected chi connectivity index (χ2v) is 8.50. The zero-order valence-electron chi connectivity index (χ0n) is 16.6. The summed E-state index contributed by atoms with van der Waals surface area (Å²) in [5.41, 5.74) is 3.56. The van der Waals surface area contributed by atoms with Crippen molar-refractivity contribution < 1.29 is 17.9 Å². The molecular formula is C20H27N3O4S. The summed E-state index contributed by atoms with van der Waals surface area (Å²) < 4.78 is 30.8. The normalized spacial score (nSPS) is 12.3. The highest BCUT2D eigenvalue weighted by Crippen LogP contribution is 2.25. The lowest BCUT2D eigenvalue weighted by Crippen LogP contribution is -2.36. The molecule has 2 aromatic carbocycles. The van der Waals surface area contributed by atoms with E-state index >= 15 is 0 Å².